The zero-order valence-electron chi connectivity index (χ0n) is 14.9. The molecule has 26 heavy (non-hydrogen) atoms. The van der Waals surface area contributed by atoms with Crippen LogP contribution in [0.1, 0.15) is 43.4 Å². The Hall–Kier alpha value is -2.39. The molecule has 134 valence electrons. The molecule has 1 aliphatic rings. The minimum Gasteiger partial charge on any atom is -0.353 e. The van der Waals surface area contributed by atoms with Gasteiger partial charge in [-0.25, -0.2) is 9.97 Å². The summed E-state index contributed by atoms with van der Waals surface area (Å²) in [5.74, 6) is 0.844. The van der Waals surface area contributed by atoms with Crippen LogP contribution in [-0.4, -0.2) is 27.7 Å². The number of hydrogen-bond donors (Lipinski definition) is 1. The molecule has 1 aliphatic carbocycles. The van der Waals surface area contributed by atoms with Crippen LogP contribution in [0.5, 0.6) is 0 Å². The van der Waals surface area contributed by atoms with E-state index in [-0.39, 0.29) is 11.7 Å². The lowest BCUT2D eigenvalue weighted by Crippen LogP contribution is -2.37. The number of rotatable bonds is 5. The van der Waals surface area contributed by atoms with Crippen LogP contribution in [-0.2, 0) is 4.79 Å². The maximum Gasteiger partial charge on any atom is 0.230 e. The molecule has 0 saturated heterocycles. The molecule has 1 N–H and O–H groups in total. The molecule has 2 aromatic rings. The Kier molecular flexibility index (Phi) is 6.24. The number of benzene rings is 1. The maximum atomic E-state index is 12.3. The van der Waals surface area contributed by atoms with Crippen molar-refractivity contribution in [2.75, 3.05) is 5.75 Å². The fraction of sp³-hybridized carbons (Fsp3) is 0.400. The van der Waals surface area contributed by atoms with Crippen LogP contribution < -0.4 is 5.32 Å². The molecule has 1 aromatic carbocycles. The molecule has 5 nitrogen and oxygen atoms in total. The summed E-state index contributed by atoms with van der Waals surface area (Å²) in [6.45, 7) is 1.80. The van der Waals surface area contributed by atoms with Gasteiger partial charge in [0.25, 0.3) is 0 Å². The number of carbonyl (C=O) groups excluding carboxylic acids is 1. The molecule has 1 saturated carbocycles. The Balaban J connectivity index is 1.72. The summed E-state index contributed by atoms with van der Waals surface area (Å²) in [6, 6.07) is 12.1. The number of hydrogen-bond acceptors (Lipinski definition) is 5. The highest BCUT2D eigenvalue weighted by Crippen LogP contribution is 2.26. The number of nitrogens with one attached hydrogen (secondary N) is 1. The summed E-state index contributed by atoms with van der Waals surface area (Å²) in [5, 5.41) is 13.1. The summed E-state index contributed by atoms with van der Waals surface area (Å²) < 4.78 is 0. The highest BCUT2D eigenvalue weighted by molar-refractivity contribution is 8.00. The van der Waals surface area contributed by atoms with Crippen molar-refractivity contribution in [2.45, 2.75) is 50.1 Å². The van der Waals surface area contributed by atoms with E-state index in [0.717, 1.165) is 18.4 Å². The van der Waals surface area contributed by atoms with Crippen molar-refractivity contribution in [3.63, 3.8) is 0 Å². The molecule has 1 fully saturated rings. The van der Waals surface area contributed by atoms with Crippen LogP contribution in [0.25, 0.3) is 11.4 Å². The second-order valence-electron chi connectivity index (χ2n) is 6.48. The molecule has 0 atom stereocenters. The third kappa shape index (κ3) is 4.61. The van der Waals surface area contributed by atoms with E-state index in [4.69, 9.17) is 0 Å². The van der Waals surface area contributed by atoms with Gasteiger partial charge >= 0.3 is 0 Å². The second kappa shape index (κ2) is 8.81. The minimum atomic E-state index is 0.00307. The average molecular weight is 366 g/mol. The van der Waals surface area contributed by atoms with Crippen molar-refractivity contribution < 1.29 is 4.79 Å². The van der Waals surface area contributed by atoms with E-state index in [1.165, 1.54) is 31.0 Å². The van der Waals surface area contributed by atoms with E-state index in [0.29, 0.717) is 28.1 Å². The highest BCUT2D eigenvalue weighted by Gasteiger charge is 2.18. The Morgan fingerprint density at radius 3 is 2.65 bits per heavy atom. The molecule has 0 aliphatic heterocycles. The van der Waals surface area contributed by atoms with Gasteiger partial charge in [-0.1, -0.05) is 61.4 Å². The molecule has 3 rings (SSSR count). The van der Waals surface area contributed by atoms with Crippen molar-refractivity contribution in [1.82, 2.24) is 15.3 Å². The van der Waals surface area contributed by atoms with Crippen LogP contribution in [0.4, 0.5) is 0 Å². The zero-order valence-corrected chi connectivity index (χ0v) is 15.7. The standard InChI is InChI=1S/C20H22N4OS/c1-14-17(12-21)20(24-19(22-14)15-8-4-2-5-9-15)26-13-18(25)23-16-10-6-3-7-11-16/h2,4-5,8-9,16H,3,6-7,10-11,13H2,1H3,(H,23,25). The predicted octanol–water partition coefficient (Wildman–Crippen LogP) is 3.86. The van der Waals surface area contributed by atoms with E-state index in [2.05, 4.69) is 21.4 Å². The molecule has 0 bridgehead atoms. The van der Waals surface area contributed by atoms with Gasteiger partial charge < -0.3 is 5.32 Å². The quantitative estimate of drug-likeness (QED) is 0.642. The number of thioether (sulfide) groups is 1. The lowest BCUT2D eigenvalue weighted by molar-refractivity contribution is -0.119. The van der Waals surface area contributed by atoms with E-state index in [1.807, 2.05) is 30.3 Å². The Bertz CT molecular complexity index is 811. The normalized spacial score (nSPS) is 14.6. The van der Waals surface area contributed by atoms with Crippen molar-refractivity contribution in [3.05, 3.63) is 41.6 Å². The summed E-state index contributed by atoms with van der Waals surface area (Å²) >= 11 is 1.31. The molecule has 0 radical (unpaired) electrons. The summed E-state index contributed by atoms with van der Waals surface area (Å²) in [7, 11) is 0. The molecule has 1 aromatic heterocycles. The molecule has 0 unspecified atom stereocenters. The first-order valence-corrected chi connectivity index (χ1v) is 9.92. The van der Waals surface area contributed by atoms with Gasteiger partial charge in [0.1, 0.15) is 16.7 Å². The van der Waals surface area contributed by atoms with Gasteiger partial charge in [-0.3, -0.25) is 4.79 Å². The summed E-state index contributed by atoms with van der Waals surface area (Å²) in [4.78, 5) is 21.3. The Morgan fingerprint density at radius 2 is 1.96 bits per heavy atom. The second-order valence-corrected chi connectivity index (χ2v) is 7.45. The Morgan fingerprint density at radius 1 is 1.23 bits per heavy atom. The fourth-order valence-corrected chi connectivity index (χ4v) is 3.99. The number of amides is 1. The third-order valence-corrected chi connectivity index (χ3v) is 5.49. The number of nitrogens with zero attached hydrogens (tertiary/aromatic N) is 3. The van der Waals surface area contributed by atoms with Crippen LogP contribution in [0.2, 0.25) is 0 Å². The largest absolute Gasteiger partial charge is 0.353 e. The van der Waals surface area contributed by atoms with Crippen molar-refractivity contribution in [3.8, 4) is 17.5 Å². The number of nitriles is 1. The van der Waals surface area contributed by atoms with Crippen LogP contribution >= 0.6 is 11.8 Å². The first-order chi connectivity index (χ1) is 12.7. The van der Waals surface area contributed by atoms with Crippen molar-refractivity contribution in [2.24, 2.45) is 0 Å². The number of aryl methyl sites for hydroxylation is 1. The molecular formula is C20H22N4OS. The monoisotopic (exact) mass is 366 g/mol. The van der Waals surface area contributed by atoms with E-state index >= 15 is 0 Å². The minimum absolute atomic E-state index is 0.00307. The van der Waals surface area contributed by atoms with Crippen molar-refractivity contribution in [1.29, 1.82) is 5.26 Å². The van der Waals surface area contributed by atoms with E-state index in [9.17, 15) is 10.1 Å². The van der Waals surface area contributed by atoms with Crippen LogP contribution in [0, 0.1) is 18.3 Å². The Labute approximate surface area is 158 Å². The molecular weight excluding hydrogens is 344 g/mol. The van der Waals surface area contributed by atoms with Gasteiger partial charge in [0.2, 0.25) is 5.91 Å². The zero-order chi connectivity index (χ0) is 18.4. The number of carbonyl (C=O) groups is 1. The summed E-state index contributed by atoms with van der Waals surface area (Å²) in [6.07, 6.45) is 5.74. The molecule has 1 heterocycles. The third-order valence-electron chi connectivity index (χ3n) is 4.51. The predicted molar refractivity (Wildman–Crippen MR) is 103 cm³/mol. The average Bonchev–Trinajstić information content (AvgIpc) is 2.67. The van der Waals surface area contributed by atoms with E-state index in [1.54, 1.807) is 6.92 Å². The fourth-order valence-electron chi connectivity index (χ4n) is 3.15. The lowest BCUT2D eigenvalue weighted by Gasteiger charge is -2.22. The molecule has 0 spiro atoms. The van der Waals surface area contributed by atoms with Crippen LogP contribution in [0.15, 0.2) is 35.4 Å². The highest BCUT2D eigenvalue weighted by atomic mass is 32.2. The van der Waals surface area contributed by atoms with Gasteiger partial charge in [0, 0.05) is 11.6 Å². The topological polar surface area (TPSA) is 78.7 Å². The molecule has 1 amide bonds. The number of aromatic nitrogens is 2. The van der Waals surface area contributed by atoms with Gasteiger partial charge in [0.15, 0.2) is 5.82 Å². The van der Waals surface area contributed by atoms with Gasteiger partial charge in [-0.2, -0.15) is 5.26 Å². The SMILES string of the molecule is Cc1nc(-c2ccccc2)nc(SCC(=O)NC2CCCCC2)c1C#N. The molecule has 6 heteroatoms. The maximum absolute atomic E-state index is 12.3. The van der Waals surface area contributed by atoms with Crippen molar-refractivity contribution >= 4 is 17.7 Å². The summed E-state index contributed by atoms with van der Waals surface area (Å²) in [5.41, 5.74) is 1.98. The van der Waals surface area contributed by atoms with Gasteiger partial charge in [-0.05, 0) is 19.8 Å². The van der Waals surface area contributed by atoms with E-state index < -0.39 is 0 Å². The van der Waals surface area contributed by atoms with Gasteiger partial charge in [0.05, 0.1) is 11.4 Å². The lowest BCUT2D eigenvalue weighted by atomic mass is 9.95. The van der Waals surface area contributed by atoms with Gasteiger partial charge in [-0.15, -0.1) is 0 Å². The smallest absolute Gasteiger partial charge is 0.230 e. The van der Waals surface area contributed by atoms with Crippen LogP contribution in [0.3, 0.4) is 0 Å². The first-order valence-electron chi connectivity index (χ1n) is 8.93. The first kappa shape index (κ1) is 18.4.